The van der Waals surface area contributed by atoms with Gasteiger partial charge in [-0.15, -0.1) is 0 Å². The molecule has 0 unspecified atom stereocenters. The molecule has 5 nitrogen and oxygen atoms in total. The van der Waals surface area contributed by atoms with Gasteiger partial charge in [0.2, 0.25) is 11.8 Å². The number of carbonyl (C=O) groups excluding carboxylic acids is 2. The summed E-state index contributed by atoms with van der Waals surface area (Å²) in [5, 5.41) is 2.99. The fraction of sp³-hybridized carbons (Fsp3) is 0.462. The van der Waals surface area contributed by atoms with E-state index >= 15 is 0 Å². The summed E-state index contributed by atoms with van der Waals surface area (Å²) in [6, 6.07) is 15.4. The van der Waals surface area contributed by atoms with Gasteiger partial charge in [-0.3, -0.25) is 9.59 Å². The predicted molar refractivity (Wildman–Crippen MR) is 125 cm³/mol. The van der Waals surface area contributed by atoms with E-state index in [2.05, 4.69) is 36.5 Å². The number of rotatable bonds is 9. The Labute approximate surface area is 186 Å². The molecule has 0 aliphatic rings. The lowest BCUT2D eigenvalue weighted by Gasteiger charge is -2.31. The number of ether oxygens (including phenoxy) is 1. The van der Waals surface area contributed by atoms with Gasteiger partial charge < -0.3 is 15.0 Å². The highest BCUT2D eigenvalue weighted by molar-refractivity contribution is 5.87. The zero-order chi connectivity index (χ0) is 23.0. The van der Waals surface area contributed by atoms with Crippen LogP contribution in [0.2, 0.25) is 0 Å². The summed E-state index contributed by atoms with van der Waals surface area (Å²) >= 11 is 0. The highest BCUT2D eigenvalue weighted by atomic mass is 16.5. The van der Waals surface area contributed by atoms with Crippen molar-refractivity contribution in [3.63, 3.8) is 0 Å². The molecule has 2 aromatic rings. The van der Waals surface area contributed by atoms with Crippen molar-refractivity contribution in [2.75, 3.05) is 7.11 Å². The van der Waals surface area contributed by atoms with Crippen molar-refractivity contribution < 1.29 is 14.3 Å². The van der Waals surface area contributed by atoms with E-state index in [0.717, 1.165) is 23.3 Å². The van der Waals surface area contributed by atoms with E-state index in [1.807, 2.05) is 45.0 Å². The molecule has 0 saturated heterocycles. The minimum atomic E-state index is -0.583. The summed E-state index contributed by atoms with van der Waals surface area (Å²) in [6.45, 7) is 10.1. The number of aryl methyl sites for hydroxylation is 2. The second-order valence-electron chi connectivity index (χ2n) is 8.96. The van der Waals surface area contributed by atoms with Crippen LogP contribution in [0.15, 0.2) is 48.5 Å². The highest BCUT2D eigenvalue weighted by Gasteiger charge is 2.28. The molecule has 2 rings (SSSR count). The molecule has 0 bridgehead atoms. The summed E-state index contributed by atoms with van der Waals surface area (Å²) in [7, 11) is 1.62. The van der Waals surface area contributed by atoms with Gasteiger partial charge in [0.1, 0.15) is 11.8 Å². The van der Waals surface area contributed by atoms with Gasteiger partial charge in [-0.2, -0.15) is 0 Å². The summed E-state index contributed by atoms with van der Waals surface area (Å²) in [6.07, 6.45) is 1.99. The van der Waals surface area contributed by atoms with Gasteiger partial charge >= 0.3 is 0 Å². The lowest BCUT2D eigenvalue weighted by molar-refractivity contribution is -0.141. The number of benzene rings is 2. The number of nitrogens with one attached hydrogen (secondary N) is 1. The van der Waals surface area contributed by atoms with E-state index in [-0.39, 0.29) is 17.4 Å². The first-order valence-corrected chi connectivity index (χ1v) is 10.9. The SMILES string of the molecule is CCc1ccc(CCC(=O)N(Cc2cccc(OC)c2)[C@@H](C)C(=O)NC(C)(C)C)cc1. The topological polar surface area (TPSA) is 58.6 Å². The van der Waals surface area contributed by atoms with E-state index in [0.29, 0.717) is 19.4 Å². The molecule has 1 N–H and O–H groups in total. The van der Waals surface area contributed by atoms with Crippen molar-refractivity contribution in [1.29, 1.82) is 0 Å². The van der Waals surface area contributed by atoms with E-state index in [1.165, 1.54) is 5.56 Å². The summed E-state index contributed by atoms with van der Waals surface area (Å²) in [5.74, 6) is 0.530. The Morgan fingerprint density at radius 1 is 1.03 bits per heavy atom. The van der Waals surface area contributed by atoms with Crippen LogP contribution < -0.4 is 10.1 Å². The third-order valence-corrected chi connectivity index (χ3v) is 5.21. The third-order valence-electron chi connectivity index (χ3n) is 5.21. The number of amides is 2. The lowest BCUT2D eigenvalue weighted by atomic mass is 10.0. The van der Waals surface area contributed by atoms with E-state index in [4.69, 9.17) is 4.74 Å². The van der Waals surface area contributed by atoms with Crippen LogP contribution in [-0.4, -0.2) is 35.4 Å². The van der Waals surface area contributed by atoms with Gasteiger partial charge in [0, 0.05) is 18.5 Å². The number of hydrogen-bond acceptors (Lipinski definition) is 3. The average Bonchev–Trinajstić information content (AvgIpc) is 2.74. The Morgan fingerprint density at radius 2 is 1.68 bits per heavy atom. The number of nitrogens with zero attached hydrogens (tertiary/aromatic N) is 1. The molecule has 0 aliphatic heterocycles. The van der Waals surface area contributed by atoms with Gasteiger partial charge in [-0.1, -0.05) is 43.3 Å². The van der Waals surface area contributed by atoms with Crippen LogP contribution in [0, 0.1) is 0 Å². The molecule has 2 aromatic carbocycles. The molecule has 0 aromatic heterocycles. The van der Waals surface area contributed by atoms with Crippen molar-refractivity contribution in [1.82, 2.24) is 10.2 Å². The van der Waals surface area contributed by atoms with Crippen LogP contribution >= 0.6 is 0 Å². The molecule has 31 heavy (non-hydrogen) atoms. The van der Waals surface area contributed by atoms with Gasteiger partial charge in [0.15, 0.2) is 0 Å². The Morgan fingerprint density at radius 3 is 2.26 bits per heavy atom. The van der Waals surface area contributed by atoms with E-state index in [9.17, 15) is 9.59 Å². The number of hydrogen-bond donors (Lipinski definition) is 1. The molecular formula is C26H36N2O3. The van der Waals surface area contributed by atoms with Gasteiger partial charge in [0.05, 0.1) is 7.11 Å². The van der Waals surface area contributed by atoms with Crippen LogP contribution in [0.1, 0.15) is 57.7 Å². The van der Waals surface area contributed by atoms with Crippen molar-refractivity contribution in [3.05, 3.63) is 65.2 Å². The van der Waals surface area contributed by atoms with Crippen LogP contribution in [-0.2, 0) is 29.0 Å². The van der Waals surface area contributed by atoms with E-state index in [1.54, 1.807) is 18.9 Å². The second kappa shape index (κ2) is 11.0. The fourth-order valence-electron chi connectivity index (χ4n) is 3.36. The first-order valence-electron chi connectivity index (χ1n) is 10.9. The minimum Gasteiger partial charge on any atom is -0.497 e. The second-order valence-corrected chi connectivity index (χ2v) is 8.96. The fourth-order valence-corrected chi connectivity index (χ4v) is 3.36. The zero-order valence-electron chi connectivity index (χ0n) is 19.7. The Hall–Kier alpha value is -2.82. The normalized spacial score (nSPS) is 12.2. The monoisotopic (exact) mass is 424 g/mol. The maximum Gasteiger partial charge on any atom is 0.242 e. The first kappa shape index (κ1) is 24.4. The molecule has 5 heteroatoms. The molecule has 168 valence electrons. The summed E-state index contributed by atoms with van der Waals surface area (Å²) < 4.78 is 5.31. The Balaban J connectivity index is 2.17. The summed E-state index contributed by atoms with van der Waals surface area (Å²) in [4.78, 5) is 27.7. The molecule has 0 radical (unpaired) electrons. The molecule has 0 saturated carbocycles. The van der Waals surface area contributed by atoms with Gasteiger partial charge in [-0.25, -0.2) is 0 Å². The van der Waals surface area contributed by atoms with Crippen LogP contribution in [0.3, 0.4) is 0 Å². The zero-order valence-corrected chi connectivity index (χ0v) is 19.7. The standard InChI is InChI=1S/C26H36N2O3/c1-7-20-11-13-21(14-12-20)15-16-24(29)28(19(2)25(30)27-26(3,4)5)18-22-9-8-10-23(17-22)31-6/h8-14,17,19H,7,15-16,18H2,1-6H3,(H,27,30)/t19-/m0/s1. The first-order chi connectivity index (χ1) is 14.6. The minimum absolute atomic E-state index is 0.0426. The van der Waals surface area contributed by atoms with Crippen molar-refractivity contribution >= 4 is 11.8 Å². The van der Waals surface area contributed by atoms with Crippen molar-refractivity contribution in [2.45, 2.75) is 72.0 Å². The Bertz CT molecular complexity index is 869. The molecule has 0 spiro atoms. The molecule has 0 heterocycles. The predicted octanol–water partition coefficient (Wildman–Crippen LogP) is 4.52. The van der Waals surface area contributed by atoms with Gasteiger partial charge in [0.25, 0.3) is 0 Å². The average molecular weight is 425 g/mol. The molecular weight excluding hydrogens is 388 g/mol. The van der Waals surface area contributed by atoms with Crippen LogP contribution in [0.4, 0.5) is 0 Å². The lowest BCUT2D eigenvalue weighted by Crippen LogP contribution is -2.52. The highest BCUT2D eigenvalue weighted by Crippen LogP contribution is 2.18. The molecule has 2 amide bonds. The Kier molecular flexibility index (Phi) is 8.66. The molecule has 0 aliphatic carbocycles. The van der Waals surface area contributed by atoms with Crippen molar-refractivity contribution in [3.8, 4) is 5.75 Å². The molecule has 0 fully saturated rings. The van der Waals surface area contributed by atoms with Crippen LogP contribution in [0.25, 0.3) is 0 Å². The smallest absolute Gasteiger partial charge is 0.242 e. The maximum atomic E-state index is 13.2. The van der Waals surface area contributed by atoms with Crippen LogP contribution in [0.5, 0.6) is 5.75 Å². The third kappa shape index (κ3) is 7.74. The summed E-state index contributed by atoms with van der Waals surface area (Å²) in [5.41, 5.74) is 2.97. The van der Waals surface area contributed by atoms with Gasteiger partial charge in [-0.05, 0) is 69.4 Å². The van der Waals surface area contributed by atoms with E-state index < -0.39 is 6.04 Å². The largest absolute Gasteiger partial charge is 0.497 e. The number of methoxy groups -OCH3 is 1. The molecule has 1 atom stereocenters. The van der Waals surface area contributed by atoms with Crippen molar-refractivity contribution in [2.24, 2.45) is 0 Å². The maximum absolute atomic E-state index is 13.2. The quantitative estimate of drug-likeness (QED) is 0.644. The number of carbonyl (C=O) groups is 2.